The maximum absolute atomic E-state index is 11.7. The molecule has 1 saturated heterocycles. The molecule has 7 heteroatoms. The molecule has 7 nitrogen and oxygen atoms in total. The molecule has 116 valence electrons. The van der Waals surface area contributed by atoms with Crippen molar-refractivity contribution in [3.63, 3.8) is 0 Å². The number of nitrogens with zero attached hydrogens (tertiary/aromatic N) is 2. The van der Waals surface area contributed by atoms with Crippen LogP contribution in [0.4, 0.5) is 0 Å². The van der Waals surface area contributed by atoms with Crippen molar-refractivity contribution in [3.8, 4) is 0 Å². The third kappa shape index (κ3) is 2.86. The van der Waals surface area contributed by atoms with Crippen molar-refractivity contribution in [2.45, 2.75) is 13.5 Å². The van der Waals surface area contributed by atoms with Gasteiger partial charge in [-0.25, -0.2) is 9.78 Å². The largest absolute Gasteiger partial charge is 0.476 e. The highest BCUT2D eigenvalue weighted by molar-refractivity contribution is 5.88. The molecule has 2 heterocycles. The first-order valence-electron chi connectivity index (χ1n) is 7.11. The number of nitrogens with one attached hydrogen (secondary N) is 1. The summed E-state index contributed by atoms with van der Waals surface area (Å²) in [6.07, 6.45) is 0. The quantitative estimate of drug-likeness (QED) is 0.869. The molecule has 1 aliphatic rings. The normalized spacial score (nSPS) is 16.0. The molecule has 1 aromatic carbocycles. The Bertz CT molecular complexity index is 778. The van der Waals surface area contributed by atoms with Gasteiger partial charge in [-0.15, -0.1) is 0 Å². The van der Waals surface area contributed by atoms with Crippen molar-refractivity contribution in [2.75, 3.05) is 26.3 Å². The second kappa shape index (κ2) is 5.86. The molecule has 22 heavy (non-hydrogen) atoms. The van der Waals surface area contributed by atoms with Gasteiger partial charge in [-0.1, -0.05) is 0 Å². The second-order valence-corrected chi connectivity index (χ2v) is 5.40. The smallest absolute Gasteiger partial charge is 0.360 e. The minimum Gasteiger partial charge on any atom is -0.476 e. The summed E-state index contributed by atoms with van der Waals surface area (Å²) in [5.74, 6) is -1.32. The third-order valence-electron chi connectivity index (χ3n) is 3.85. The Morgan fingerprint density at radius 3 is 2.82 bits per heavy atom. The number of ether oxygens (including phenoxy) is 1. The highest BCUT2D eigenvalue weighted by Gasteiger charge is 2.15. The zero-order valence-corrected chi connectivity index (χ0v) is 12.3. The van der Waals surface area contributed by atoms with E-state index in [2.05, 4.69) is 14.9 Å². The Morgan fingerprint density at radius 2 is 2.14 bits per heavy atom. The van der Waals surface area contributed by atoms with Crippen LogP contribution in [0.1, 0.15) is 21.6 Å². The standard InChI is InChI=1S/C15H17N3O4/c1-9-6-11-12(16-13(15(20)21)14(19)17-11)7-10(9)8-18-2-4-22-5-3-18/h6-7H,2-5,8H2,1H3,(H,17,19)(H,20,21). The molecular weight excluding hydrogens is 286 g/mol. The van der Waals surface area contributed by atoms with Gasteiger partial charge in [0.2, 0.25) is 5.69 Å². The van der Waals surface area contributed by atoms with Crippen molar-refractivity contribution in [2.24, 2.45) is 0 Å². The predicted molar refractivity (Wildman–Crippen MR) is 80.2 cm³/mol. The number of carbonyl (C=O) groups is 1. The molecule has 3 rings (SSSR count). The van der Waals surface area contributed by atoms with Crippen LogP contribution in [0.2, 0.25) is 0 Å². The van der Waals surface area contributed by atoms with E-state index >= 15 is 0 Å². The van der Waals surface area contributed by atoms with Crippen LogP contribution in [0.3, 0.4) is 0 Å². The molecular formula is C15H17N3O4. The molecule has 0 spiro atoms. The summed E-state index contributed by atoms with van der Waals surface area (Å²) in [5.41, 5.74) is 2.00. The summed E-state index contributed by atoms with van der Waals surface area (Å²) in [5, 5.41) is 9.01. The maximum Gasteiger partial charge on any atom is 0.360 e. The zero-order chi connectivity index (χ0) is 15.7. The third-order valence-corrected chi connectivity index (χ3v) is 3.85. The van der Waals surface area contributed by atoms with E-state index < -0.39 is 17.2 Å². The topological polar surface area (TPSA) is 95.5 Å². The minimum atomic E-state index is -1.32. The van der Waals surface area contributed by atoms with Crippen molar-refractivity contribution < 1.29 is 14.6 Å². The van der Waals surface area contributed by atoms with Crippen LogP contribution in [-0.4, -0.2) is 52.2 Å². The molecule has 0 amide bonds. The van der Waals surface area contributed by atoms with Crippen LogP contribution in [-0.2, 0) is 11.3 Å². The number of hydrogen-bond acceptors (Lipinski definition) is 5. The summed E-state index contributed by atoms with van der Waals surface area (Å²) >= 11 is 0. The monoisotopic (exact) mass is 303 g/mol. The second-order valence-electron chi connectivity index (χ2n) is 5.40. The molecule has 2 N–H and O–H groups in total. The van der Waals surface area contributed by atoms with Gasteiger partial charge in [-0.2, -0.15) is 0 Å². The summed E-state index contributed by atoms with van der Waals surface area (Å²) in [6, 6.07) is 3.69. The molecule has 0 atom stereocenters. The lowest BCUT2D eigenvalue weighted by Gasteiger charge is -2.27. The number of rotatable bonds is 3. The number of aromatic nitrogens is 2. The van der Waals surface area contributed by atoms with Gasteiger partial charge in [0.05, 0.1) is 24.2 Å². The average Bonchev–Trinajstić information content (AvgIpc) is 2.48. The molecule has 2 aromatic rings. The van der Waals surface area contributed by atoms with Crippen LogP contribution in [0.25, 0.3) is 11.0 Å². The SMILES string of the molecule is Cc1cc2[nH]c(=O)c(C(=O)O)nc2cc1CN1CCOCC1. The fourth-order valence-corrected chi connectivity index (χ4v) is 2.60. The number of H-pyrrole nitrogens is 1. The van der Waals surface area contributed by atoms with Gasteiger partial charge in [0, 0.05) is 19.6 Å². The maximum atomic E-state index is 11.7. The molecule has 0 radical (unpaired) electrons. The summed E-state index contributed by atoms with van der Waals surface area (Å²) in [4.78, 5) is 31.5. The number of morpholine rings is 1. The first-order valence-corrected chi connectivity index (χ1v) is 7.11. The van der Waals surface area contributed by atoms with E-state index in [1.165, 1.54) is 0 Å². The molecule has 1 aromatic heterocycles. The van der Waals surface area contributed by atoms with Crippen molar-refractivity contribution in [3.05, 3.63) is 39.3 Å². The van der Waals surface area contributed by atoms with E-state index in [1.54, 1.807) is 0 Å². The number of aryl methyl sites for hydroxylation is 1. The summed E-state index contributed by atoms with van der Waals surface area (Å²) in [6.45, 7) is 5.92. The fourth-order valence-electron chi connectivity index (χ4n) is 2.60. The molecule has 0 saturated carbocycles. The Balaban J connectivity index is 2.00. The van der Waals surface area contributed by atoms with Gasteiger partial charge in [0.25, 0.3) is 5.56 Å². The van der Waals surface area contributed by atoms with Gasteiger partial charge in [-0.05, 0) is 30.2 Å². The summed E-state index contributed by atoms with van der Waals surface area (Å²) < 4.78 is 5.33. The average molecular weight is 303 g/mol. The number of hydrogen-bond donors (Lipinski definition) is 2. The van der Waals surface area contributed by atoms with Crippen molar-refractivity contribution in [1.82, 2.24) is 14.9 Å². The summed E-state index contributed by atoms with van der Waals surface area (Å²) in [7, 11) is 0. The van der Waals surface area contributed by atoms with Crippen LogP contribution in [0, 0.1) is 6.92 Å². The van der Waals surface area contributed by atoms with E-state index in [0.29, 0.717) is 11.0 Å². The predicted octanol–water partition coefficient (Wildman–Crippen LogP) is 0.762. The number of carboxylic acids is 1. The minimum absolute atomic E-state index is 0.478. The Hall–Kier alpha value is -2.25. The molecule has 0 bridgehead atoms. The Labute approximate surface area is 126 Å². The van der Waals surface area contributed by atoms with Crippen LogP contribution < -0.4 is 5.56 Å². The van der Waals surface area contributed by atoms with E-state index in [0.717, 1.165) is 44.0 Å². The van der Waals surface area contributed by atoms with Gasteiger partial charge in [-0.3, -0.25) is 9.69 Å². The Kier molecular flexibility index (Phi) is 3.91. The van der Waals surface area contributed by atoms with Gasteiger partial charge in [0.1, 0.15) is 0 Å². The van der Waals surface area contributed by atoms with Crippen LogP contribution in [0.15, 0.2) is 16.9 Å². The van der Waals surface area contributed by atoms with Crippen LogP contribution in [0.5, 0.6) is 0 Å². The molecule has 1 aliphatic heterocycles. The lowest BCUT2D eigenvalue weighted by molar-refractivity contribution is 0.0341. The number of benzene rings is 1. The van der Waals surface area contributed by atoms with Crippen molar-refractivity contribution >= 4 is 17.0 Å². The lowest BCUT2D eigenvalue weighted by atomic mass is 10.1. The van der Waals surface area contributed by atoms with E-state index in [9.17, 15) is 9.59 Å². The number of fused-ring (bicyclic) bond motifs is 1. The highest BCUT2D eigenvalue weighted by Crippen LogP contribution is 2.18. The lowest BCUT2D eigenvalue weighted by Crippen LogP contribution is -2.35. The Morgan fingerprint density at radius 1 is 1.41 bits per heavy atom. The molecule has 0 aliphatic carbocycles. The van der Waals surface area contributed by atoms with Gasteiger partial charge in [0.15, 0.2) is 0 Å². The van der Waals surface area contributed by atoms with Gasteiger partial charge >= 0.3 is 5.97 Å². The number of aromatic carboxylic acids is 1. The fraction of sp³-hybridized carbons (Fsp3) is 0.400. The molecule has 1 fully saturated rings. The first-order chi connectivity index (χ1) is 10.5. The van der Waals surface area contributed by atoms with E-state index in [4.69, 9.17) is 9.84 Å². The van der Waals surface area contributed by atoms with E-state index in [-0.39, 0.29) is 0 Å². The van der Waals surface area contributed by atoms with Crippen LogP contribution >= 0.6 is 0 Å². The van der Waals surface area contributed by atoms with Gasteiger partial charge < -0.3 is 14.8 Å². The van der Waals surface area contributed by atoms with Crippen molar-refractivity contribution in [1.29, 1.82) is 0 Å². The van der Waals surface area contributed by atoms with E-state index in [1.807, 2.05) is 19.1 Å². The molecule has 0 unspecified atom stereocenters. The highest BCUT2D eigenvalue weighted by atomic mass is 16.5. The first kappa shape index (κ1) is 14.7. The number of carboxylic acid groups (broad SMARTS) is 1. The number of aromatic amines is 1. The zero-order valence-electron chi connectivity index (χ0n) is 12.3.